The third-order valence-electron chi connectivity index (χ3n) is 1.78. The number of hydrogen-bond acceptors (Lipinski definition) is 4. The van der Waals surface area contributed by atoms with E-state index in [4.69, 9.17) is 4.55 Å². The van der Waals surface area contributed by atoms with Gasteiger partial charge in [-0.1, -0.05) is 0 Å². The maximum absolute atomic E-state index is 11.0. The van der Waals surface area contributed by atoms with Crippen LogP contribution in [0.5, 0.6) is 0 Å². The summed E-state index contributed by atoms with van der Waals surface area (Å²) in [6, 6.07) is 3.57. The Labute approximate surface area is 79.1 Å². The standard InChI is InChI=1S/C7H5N2O4S/c10-9-4-8-6-3-5(14(11,12)13)1-2-7(6)9/h1-4H,(H,11,12,13)/q-1. The van der Waals surface area contributed by atoms with E-state index >= 15 is 0 Å². The van der Waals surface area contributed by atoms with Gasteiger partial charge < -0.3 is 9.94 Å². The summed E-state index contributed by atoms with van der Waals surface area (Å²) in [4.78, 5) is 3.39. The van der Waals surface area contributed by atoms with Crippen LogP contribution in [0.3, 0.4) is 0 Å². The number of fused-ring (bicyclic) bond motifs is 1. The Morgan fingerprint density at radius 3 is 2.79 bits per heavy atom. The van der Waals surface area contributed by atoms with Gasteiger partial charge in [-0.05, 0) is 18.2 Å². The largest absolute Gasteiger partial charge is 0.805 e. The zero-order valence-corrected chi connectivity index (χ0v) is 7.60. The molecule has 0 aliphatic carbocycles. The molecule has 7 heteroatoms. The monoisotopic (exact) mass is 213 g/mol. The molecule has 2 rings (SSSR count). The quantitative estimate of drug-likeness (QED) is 0.701. The summed E-state index contributed by atoms with van der Waals surface area (Å²) < 4.78 is 30.7. The molecule has 0 saturated heterocycles. The van der Waals surface area contributed by atoms with Gasteiger partial charge in [0, 0.05) is 0 Å². The summed E-state index contributed by atoms with van der Waals surface area (Å²) in [7, 11) is -4.24. The van der Waals surface area contributed by atoms with Crippen molar-refractivity contribution in [1.29, 1.82) is 0 Å². The molecule has 0 aliphatic heterocycles. The van der Waals surface area contributed by atoms with Crippen molar-refractivity contribution in [3.63, 3.8) is 0 Å². The van der Waals surface area contributed by atoms with Crippen LogP contribution in [0.4, 0.5) is 0 Å². The van der Waals surface area contributed by atoms with Crippen LogP contribution in [-0.2, 0) is 10.1 Å². The third kappa shape index (κ3) is 1.32. The average molecular weight is 213 g/mol. The lowest BCUT2D eigenvalue weighted by Gasteiger charge is -2.05. The van der Waals surface area contributed by atoms with Crippen LogP contribution in [0.2, 0.25) is 0 Å². The number of nitrogens with zero attached hydrogens (tertiary/aromatic N) is 2. The summed E-state index contributed by atoms with van der Waals surface area (Å²) in [6.07, 6.45) is 1.03. The summed E-state index contributed by atoms with van der Waals surface area (Å²) in [5.74, 6) is 0. The highest BCUT2D eigenvalue weighted by Crippen LogP contribution is 2.17. The highest BCUT2D eigenvalue weighted by atomic mass is 32.2. The van der Waals surface area contributed by atoms with E-state index in [-0.39, 0.29) is 15.9 Å². The Morgan fingerprint density at radius 2 is 2.14 bits per heavy atom. The third-order valence-corrected chi connectivity index (χ3v) is 2.63. The summed E-state index contributed by atoms with van der Waals surface area (Å²) >= 11 is 0. The van der Waals surface area contributed by atoms with Crippen LogP contribution in [-0.4, -0.2) is 22.7 Å². The molecule has 0 spiro atoms. The molecule has 1 heterocycles. The smallest absolute Gasteiger partial charge is 0.294 e. The maximum atomic E-state index is 11.0. The van der Waals surface area contributed by atoms with E-state index < -0.39 is 10.1 Å². The van der Waals surface area contributed by atoms with E-state index in [1.165, 1.54) is 6.07 Å². The molecular formula is C7H5N2O4S-. The normalized spacial score (nSPS) is 12.1. The van der Waals surface area contributed by atoms with Gasteiger partial charge in [-0.3, -0.25) is 4.55 Å². The molecule has 0 amide bonds. The van der Waals surface area contributed by atoms with Gasteiger partial charge in [0.25, 0.3) is 10.1 Å². The lowest BCUT2D eigenvalue weighted by Crippen LogP contribution is -1.97. The molecule has 2 aromatic rings. The van der Waals surface area contributed by atoms with Crippen LogP contribution in [0.1, 0.15) is 0 Å². The number of rotatable bonds is 1. The first-order chi connectivity index (χ1) is 6.48. The predicted molar refractivity (Wildman–Crippen MR) is 48.3 cm³/mol. The van der Waals surface area contributed by atoms with Gasteiger partial charge in [0.2, 0.25) is 0 Å². The number of hydrogen-bond donors (Lipinski definition) is 1. The summed E-state index contributed by atoms with van der Waals surface area (Å²) in [5.41, 5.74) is 0.493. The summed E-state index contributed by atoms with van der Waals surface area (Å²) in [6.45, 7) is 0. The van der Waals surface area contributed by atoms with Crippen LogP contribution in [0, 0.1) is 5.21 Å². The van der Waals surface area contributed by atoms with Crippen molar-refractivity contribution in [3.05, 3.63) is 29.7 Å². The molecule has 0 unspecified atom stereocenters. The van der Waals surface area contributed by atoms with Crippen molar-refractivity contribution in [2.24, 2.45) is 0 Å². The van der Waals surface area contributed by atoms with Crippen LogP contribution in [0.15, 0.2) is 29.4 Å². The van der Waals surface area contributed by atoms with Gasteiger partial charge in [-0.2, -0.15) is 8.42 Å². The molecule has 14 heavy (non-hydrogen) atoms. The molecule has 1 aromatic carbocycles. The first kappa shape index (κ1) is 8.97. The Hall–Kier alpha value is -1.60. The molecule has 0 bridgehead atoms. The maximum Gasteiger partial charge on any atom is 0.294 e. The lowest BCUT2D eigenvalue weighted by molar-refractivity contribution is 0.483. The number of imidazole rings is 1. The molecule has 1 aromatic heterocycles. The van der Waals surface area contributed by atoms with E-state index in [9.17, 15) is 13.6 Å². The minimum atomic E-state index is -4.24. The molecule has 74 valence electrons. The molecule has 0 saturated carbocycles. The van der Waals surface area contributed by atoms with Gasteiger partial charge in [-0.25, -0.2) is 4.98 Å². The van der Waals surface area contributed by atoms with Crippen LogP contribution in [0.25, 0.3) is 11.0 Å². The first-order valence-electron chi connectivity index (χ1n) is 3.60. The Kier molecular flexibility index (Phi) is 1.73. The highest BCUT2D eigenvalue weighted by molar-refractivity contribution is 7.85. The van der Waals surface area contributed by atoms with Crippen molar-refractivity contribution in [2.45, 2.75) is 4.90 Å². The molecule has 0 aliphatic rings. The SMILES string of the molecule is O=S(=O)(O)c1ccc2c(c1)ncn2[O-]. The van der Waals surface area contributed by atoms with Crippen molar-refractivity contribution in [3.8, 4) is 0 Å². The lowest BCUT2D eigenvalue weighted by atomic mass is 10.3. The minimum Gasteiger partial charge on any atom is -0.805 e. The Balaban J connectivity index is 2.76. The fourth-order valence-electron chi connectivity index (χ4n) is 1.13. The molecule has 0 atom stereocenters. The van der Waals surface area contributed by atoms with Crippen molar-refractivity contribution in [2.75, 3.05) is 0 Å². The van der Waals surface area contributed by atoms with Gasteiger partial charge >= 0.3 is 0 Å². The van der Waals surface area contributed by atoms with Crippen LogP contribution >= 0.6 is 0 Å². The fraction of sp³-hybridized carbons (Fsp3) is 0. The second-order valence-electron chi connectivity index (χ2n) is 2.70. The molecular weight excluding hydrogens is 208 g/mol. The minimum absolute atomic E-state index is 0.232. The van der Waals surface area contributed by atoms with Crippen molar-refractivity contribution >= 4 is 21.2 Å². The van der Waals surface area contributed by atoms with Crippen molar-refractivity contribution < 1.29 is 13.0 Å². The fourth-order valence-corrected chi connectivity index (χ4v) is 1.63. The average Bonchev–Trinajstić information content (AvgIpc) is 2.46. The predicted octanol–water partition coefficient (Wildman–Crippen LogP) is 0.629. The summed E-state index contributed by atoms with van der Waals surface area (Å²) in [5, 5.41) is 11.0. The van der Waals surface area contributed by atoms with E-state index in [0.29, 0.717) is 4.73 Å². The molecule has 1 N–H and O–H groups in total. The topological polar surface area (TPSA) is 95.2 Å². The zero-order valence-electron chi connectivity index (χ0n) is 6.78. The molecule has 6 nitrogen and oxygen atoms in total. The Morgan fingerprint density at radius 1 is 1.43 bits per heavy atom. The molecule has 0 radical (unpaired) electrons. The zero-order chi connectivity index (χ0) is 10.3. The Bertz CT molecular complexity index is 587. The van der Waals surface area contributed by atoms with E-state index in [1.807, 2.05) is 0 Å². The van der Waals surface area contributed by atoms with E-state index in [1.54, 1.807) is 0 Å². The van der Waals surface area contributed by atoms with Gasteiger partial charge in [0.1, 0.15) is 0 Å². The number of aromatic nitrogens is 2. The van der Waals surface area contributed by atoms with E-state index in [0.717, 1.165) is 18.5 Å². The van der Waals surface area contributed by atoms with Gasteiger partial charge in [0.05, 0.1) is 22.3 Å². The highest BCUT2D eigenvalue weighted by Gasteiger charge is 2.10. The number of benzene rings is 1. The second-order valence-corrected chi connectivity index (χ2v) is 4.12. The van der Waals surface area contributed by atoms with Crippen molar-refractivity contribution in [1.82, 2.24) is 9.71 Å². The second kappa shape index (κ2) is 2.69. The van der Waals surface area contributed by atoms with Gasteiger partial charge in [0.15, 0.2) is 0 Å². The van der Waals surface area contributed by atoms with Gasteiger partial charge in [-0.15, -0.1) is 0 Å². The van der Waals surface area contributed by atoms with E-state index in [2.05, 4.69) is 4.98 Å². The van der Waals surface area contributed by atoms with Crippen LogP contribution < -0.4 is 0 Å². The molecule has 0 fully saturated rings. The first-order valence-corrected chi connectivity index (χ1v) is 5.04.